The van der Waals surface area contributed by atoms with Gasteiger partial charge in [-0.25, -0.2) is 19.7 Å². The van der Waals surface area contributed by atoms with Crippen LogP contribution in [0.3, 0.4) is 0 Å². The average molecular weight is 572 g/mol. The van der Waals surface area contributed by atoms with Gasteiger partial charge < -0.3 is 19.1 Å². The number of rotatable bonds is 5. The van der Waals surface area contributed by atoms with Crippen LogP contribution in [0.15, 0.2) is 42.7 Å². The molecule has 5 heterocycles. The maximum Gasteiger partial charge on any atom is 0.416 e. The van der Waals surface area contributed by atoms with Crippen molar-refractivity contribution in [3.8, 4) is 17.3 Å². The predicted molar refractivity (Wildman–Crippen MR) is 142 cm³/mol. The van der Waals surface area contributed by atoms with Gasteiger partial charge in [0, 0.05) is 30.9 Å². The molecule has 3 aliphatic rings. The molecular formula is C27H28F3N7O4. The molecule has 216 valence electrons. The largest absolute Gasteiger partial charge is 0.475 e. The molecule has 41 heavy (non-hydrogen) atoms. The van der Waals surface area contributed by atoms with Crippen molar-refractivity contribution in [2.45, 2.75) is 50.8 Å². The molecule has 6 rings (SSSR count). The molecule has 0 saturated carbocycles. The number of amides is 2. The number of hydrogen-bond acceptors (Lipinski definition) is 9. The van der Waals surface area contributed by atoms with Crippen molar-refractivity contribution < 1.29 is 32.2 Å². The summed E-state index contributed by atoms with van der Waals surface area (Å²) in [7, 11) is 0. The van der Waals surface area contributed by atoms with Gasteiger partial charge in [0.2, 0.25) is 11.8 Å². The lowest BCUT2D eigenvalue weighted by Crippen LogP contribution is -2.56. The van der Waals surface area contributed by atoms with Gasteiger partial charge in [-0.05, 0) is 38.8 Å². The summed E-state index contributed by atoms with van der Waals surface area (Å²) >= 11 is 0. The number of aromatic nitrogens is 4. The van der Waals surface area contributed by atoms with Crippen LogP contribution >= 0.6 is 0 Å². The van der Waals surface area contributed by atoms with Crippen molar-refractivity contribution >= 4 is 23.5 Å². The number of urea groups is 1. The number of anilines is 3. The number of carbonyl (C=O) groups excluding carboxylic acids is 1. The second-order valence-electron chi connectivity index (χ2n) is 10.5. The number of nitrogens with one attached hydrogen (secondary N) is 1. The smallest absolute Gasteiger partial charge is 0.416 e. The molecule has 2 bridgehead atoms. The third-order valence-corrected chi connectivity index (χ3v) is 7.08. The highest BCUT2D eigenvalue weighted by Crippen LogP contribution is 2.39. The van der Waals surface area contributed by atoms with E-state index >= 15 is 0 Å². The average Bonchev–Trinajstić information content (AvgIpc) is 3.30. The minimum atomic E-state index is -4.51. The lowest BCUT2D eigenvalue weighted by Gasteiger charge is -2.45. The third kappa shape index (κ3) is 5.75. The Morgan fingerprint density at radius 3 is 2.85 bits per heavy atom. The fraction of sp³-hybridized carbons (Fsp3) is 0.444. The first kappa shape index (κ1) is 27.1. The molecular weight excluding hydrogens is 543 g/mol. The van der Waals surface area contributed by atoms with E-state index in [1.807, 2.05) is 13.8 Å². The molecule has 11 nitrogen and oxygen atoms in total. The van der Waals surface area contributed by atoms with Crippen LogP contribution in [-0.2, 0) is 15.7 Å². The van der Waals surface area contributed by atoms with Crippen molar-refractivity contribution in [2.75, 3.05) is 41.4 Å². The minimum Gasteiger partial charge on any atom is -0.475 e. The second kappa shape index (κ2) is 10.4. The van der Waals surface area contributed by atoms with Crippen molar-refractivity contribution in [1.82, 2.24) is 19.9 Å². The first-order valence-electron chi connectivity index (χ1n) is 13.2. The van der Waals surface area contributed by atoms with Crippen molar-refractivity contribution in [3.63, 3.8) is 0 Å². The van der Waals surface area contributed by atoms with E-state index in [0.717, 1.165) is 31.5 Å². The molecule has 3 aromatic rings. The summed E-state index contributed by atoms with van der Waals surface area (Å²) in [5.74, 6) is 0.00283. The van der Waals surface area contributed by atoms with Gasteiger partial charge in [0.1, 0.15) is 12.7 Å². The van der Waals surface area contributed by atoms with Crippen LogP contribution in [0.25, 0.3) is 11.4 Å². The summed E-state index contributed by atoms with van der Waals surface area (Å²) in [5, 5.41) is 2.73. The van der Waals surface area contributed by atoms with Gasteiger partial charge in [-0.3, -0.25) is 10.2 Å². The number of alkyl halides is 3. The van der Waals surface area contributed by atoms with Crippen LogP contribution in [0, 0.1) is 0 Å². The van der Waals surface area contributed by atoms with Gasteiger partial charge >= 0.3 is 12.2 Å². The molecule has 0 spiro atoms. The van der Waals surface area contributed by atoms with Gasteiger partial charge in [-0.15, -0.1) is 0 Å². The fourth-order valence-electron chi connectivity index (χ4n) is 5.22. The summed E-state index contributed by atoms with van der Waals surface area (Å²) in [6.45, 7) is 5.59. The molecule has 2 fully saturated rings. The minimum absolute atomic E-state index is 0.0309. The monoisotopic (exact) mass is 571 g/mol. The van der Waals surface area contributed by atoms with E-state index in [2.05, 4.69) is 30.2 Å². The second-order valence-corrected chi connectivity index (χ2v) is 10.5. The molecule has 1 aromatic carbocycles. The maximum atomic E-state index is 13.6. The van der Waals surface area contributed by atoms with Crippen LogP contribution in [0.4, 0.5) is 35.4 Å². The Hall–Kier alpha value is -4.04. The van der Waals surface area contributed by atoms with Gasteiger partial charge in [-0.1, -0.05) is 12.1 Å². The molecule has 2 amide bonds. The summed E-state index contributed by atoms with van der Waals surface area (Å²) in [5.41, 5.74) is 0.0231. The zero-order valence-electron chi connectivity index (χ0n) is 22.4. The zero-order chi connectivity index (χ0) is 28.8. The Kier molecular flexibility index (Phi) is 6.90. The highest BCUT2D eigenvalue weighted by molar-refractivity contribution is 6.03. The van der Waals surface area contributed by atoms with Gasteiger partial charge in [-0.2, -0.15) is 18.2 Å². The standard InChI is InChI=1S/C27H28F3N7O4/c1-26(2)40-15-19(41-26)14-39-21-8-9-31-24(33-21)35-25(38)37-18-7-4-10-36(13-18)20-12-32-22(34-23(20)37)16-5-3-6-17(11-16)27(28,29)30/h3,5-6,8-9,11-12,18-19H,4,7,10,13-15H2,1-2H3,(H,31,33,35,38)/t18-,19-/m0/s1. The Bertz CT molecular complexity index is 1450. The SMILES string of the molecule is CC1(C)OC[C@H](COc2ccnc(NC(=O)N3c4nc(-c5cccc(C(F)(F)F)c5)ncc4N4CCC[C@H]3C4)n2)O1. The van der Waals surface area contributed by atoms with E-state index in [9.17, 15) is 18.0 Å². The number of nitrogens with zero attached hydrogens (tertiary/aromatic N) is 6. The van der Waals surface area contributed by atoms with Crippen LogP contribution < -0.4 is 19.9 Å². The van der Waals surface area contributed by atoms with Gasteiger partial charge in [0.15, 0.2) is 17.4 Å². The Morgan fingerprint density at radius 1 is 1.22 bits per heavy atom. The number of hydrogen-bond donors (Lipinski definition) is 1. The Morgan fingerprint density at radius 2 is 2.07 bits per heavy atom. The predicted octanol–water partition coefficient (Wildman–Crippen LogP) is 4.50. The molecule has 0 aliphatic carbocycles. The number of piperidine rings is 1. The molecule has 14 heteroatoms. The topological polar surface area (TPSA) is 115 Å². The van der Waals surface area contributed by atoms with Crippen LogP contribution in [0.2, 0.25) is 0 Å². The van der Waals surface area contributed by atoms with Gasteiger partial charge in [0.25, 0.3) is 0 Å². The molecule has 2 atom stereocenters. The van der Waals surface area contributed by atoms with Crippen LogP contribution in [-0.4, -0.2) is 70.2 Å². The lowest BCUT2D eigenvalue weighted by atomic mass is 10.0. The summed E-state index contributed by atoms with van der Waals surface area (Å²) in [4.78, 5) is 34.6. The summed E-state index contributed by atoms with van der Waals surface area (Å²) in [6.07, 6.45) is -0.160. The van der Waals surface area contributed by atoms with Crippen LogP contribution in [0.1, 0.15) is 32.3 Å². The number of benzene rings is 1. The highest BCUT2D eigenvalue weighted by Gasteiger charge is 2.39. The quantitative estimate of drug-likeness (QED) is 0.473. The normalized spacial score (nSPS) is 21.4. The molecule has 0 radical (unpaired) electrons. The number of ether oxygens (including phenoxy) is 3. The van der Waals surface area contributed by atoms with Crippen molar-refractivity contribution in [2.24, 2.45) is 0 Å². The third-order valence-electron chi connectivity index (χ3n) is 7.08. The van der Waals surface area contributed by atoms with E-state index in [0.29, 0.717) is 24.7 Å². The van der Waals surface area contributed by atoms with Crippen molar-refractivity contribution in [3.05, 3.63) is 48.3 Å². The maximum absolute atomic E-state index is 13.6. The number of halogens is 3. The van der Waals surface area contributed by atoms with E-state index in [4.69, 9.17) is 14.2 Å². The fourth-order valence-corrected chi connectivity index (χ4v) is 5.22. The molecule has 2 aromatic heterocycles. The zero-order valence-corrected chi connectivity index (χ0v) is 22.4. The molecule has 1 N–H and O–H groups in total. The number of fused-ring (bicyclic) bond motifs is 4. The molecule has 2 saturated heterocycles. The first-order valence-corrected chi connectivity index (χ1v) is 13.2. The highest BCUT2D eigenvalue weighted by atomic mass is 19.4. The first-order chi connectivity index (χ1) is 19.6. The van der Waals surface area contributed by atoms with Crippen LogP contribution in [0.5, 0.6) is 5.88 Å². The van der Waals surface area contributed by atoms with E-state index in [1.165, 1.54) is 23.2 Å². The Balaban J connectivity index is 1.24. The summed E-state index contributed by atoms with van der Waals surface area (Å²) < 4.78 is 57.0. The number of carbonyl (C=O) groups is 1. The molecule has 3 aliphatic heterocycles. The van der Waals surface area contributed by atoms with E-state index < -0.39 is 23.6 Å². The van der Waals surface area contributed by atoms with Gasteiger partial charge in [0.05, 0.1) is 30.1 Å². The van der Waals surface area contributed by atoms with Crippen molar-refractivity contribution in [1.29, 1.82) is 0 Å². The molecule has 0 unspecified atom stereocenters. The van der Waals surface area contributed by atoms with E-state index in [-0.39, 0.29) is 42.0 Å². The lowest BCUT2D eigenvalue weighted by molar-refractivity contribution is -0.141. The Labute approximate surface area is 233 Å². The van der Waals surface area contributed by atoms with E-state index in [1.54, 1.807) is 12.3 Å². The summed E-state index contributed by atoms with van der Waals surface area (Å²) in [6, 6.07) is 5.66.